The molecule has 9 nitrogen and oxygen atoms in total. The standard InChI is InChI=1S/C18H36O2.C15H10O7/c1-2-3-4-5-6-7-8-9-10-11-12-13-14-15-16-17-18(19)20;16-7-4-10(19)12-11(5-7)22-15(14(21)13(12)20)6-1-2-8(17)9(18)3-6/h2-17H2,1H3,(H,19,20);1-5,16-19,21H. The molecular formula is C33H46O9. The summed E-state index contributed by atoms with van der Waals surface area (Å²) in [6.45, 7) is 2.27. The zero-order chi connectivity index (χ0) is 30.9. The lowest BCUT2D eigenvalue weighted by Gasteiger charge is -2.08. The van der Waals surface area contributed by atoms with Gasteiger partial charge in [-0.2, -0.15) is 0 Å². The number of benzene rings is 2. The van der Waals surface area contributed by atoms with Crippen LogP contribution in [-0.4, -0.2) is 36.6 Å². The molecule has 232 valence electrons. The lowest BCUT2D eigenvalue weighted by atomic mass is 10.0. The van der Waals surface area contributed by atoms with Crippen molar-refractivity contribution in [2.45, 2.75) is 110 Å². The minimum absolute atomic E-state index is 0.134. The van der Waals surface area contributed by atoms with E-state index in [1.807, 2.05) is 0 Å². The van der Waals surface area contributed by atoms with E-state index in [4.69, 9.17) is 9.52 Å². The van der Waals surface area contributed by atoms with Crippen molar-refractivity contribution in [3.8, 4) is 40.1 Å². The Morgan fingerprint density at radius 3 is 1.69 bits per heavy atom. The van der Waals surface area contributed by atoms with Crippen LogP contribution in [0.3, 0.4) is 0 Å². The van der Waals surface area contributed by atoms with E-state index in [0.29, 0.717) is 6.42 Å². The van der Waals surface area contributed by atoms with Gasteiger partial charge in [0.05, 0.1) is 0 Å². The number of aliphatic carboxylic acids is 1. The summed E-state index contributed by atoms with van der Waals surface area (Å²) in [5.41, 5.74) is -0.890. The summed E-state index contributed by atoms with van der Waals surface area (Å²) in [7, 11) is 0. The van der Waals surface area contributed by atoms with Crippen LogP contribution in [0.4, 0.5) is 0 Å². The largest absolute Gasteiger partial charge is 0.508 e. The van der Waals surface area contributed by atoms with Crippen LogP contribution in [0.25, 0.3) is 22.3 Å². The fourth-order valence-electron chi connectivity index (χ4n) is 4.78. The average molecular weight is 587 g/mol. The monoisotopic (exact) mass is 586 g/mol. The molecule has 3 rings (SSSR count). The zero-order valence-electron chi connectivity index (χ0n) is 24.6. The first-order valence-corrected chi connectivity index (χ1v) is 15.1. The number of carbonyl (C=O) groups is 1. The molecule has 0 amide bonds. The van der Waals surface area contributed by atoms with Gasteiger partial charge in [0.1, 0.15) is 22.5 Å². The van der Waals surface area contributed by atoms with Crippen LogP contribution in [0.15, 0.2) is 39.5 Å². The van der Waals surface area contributed by atoms with Gasteiger partial charge < -0.3 is 35.1 Å². The van der Waals surface area contributed by atoms with Gasteiger partial charge in [0.2, 0.25) is 11.2 Å². The van der Waals surface area contributed by atoms with E-state index in [2.05, 4.69) is 6.92 Å². The first-order chi connectivity index (χ1) is 20.1. The highest BCUT2D eigenvalue weighted by Gasteiger charge is 2.19. The second-order valence-corrected chi connectivity index (χ2v) is 10.7. The maximum Gasteiger partial charge on any atom is 0.303 e. The van der Waals surface area contributed by atoms with E-state index in [0.717, 1.165) is 37.1 Å². The molecule has 0 bridgehead atoms. The Morgan fingerprint density at radius 1 is 0.667 bits per heavy atom. The van der Waals surface area contributed by atoms with Crippen molar-refractivity contribution in [1.29, 1.82) is 0 Å². The Hall–Kier alpha value is -3.88. The lowest BCUT2D eigenvalue weighted by Crippen LogP contribution is -2.02. The van der Waals surface area contributed by atoms with Gasteiger partial charge in [0.25, 0.3) is 0 Å². The van der Waals surface area contributed by atoms with E-state index < -0.39 is 28.6 Å². The van der Waals surface area contributed by atoms with Crippen LogP contribution in [0.2, 0.25) is 0 Å². The number of rotatable bonds is 17. The van der Waals surface area contributed by atoms with Crippen molar-refractivity contribution in [2.75, 3.05) is 0 Å². The average Bonchev–Trinajstić information content (AvgIpc) is 2.94. The molecule has 0 unspecified atom stereocenters. The van der Waals surface area contributed by atoms with Crippen molar-refractivity contribution in [2.24, 2.45) is 0 Å². The number of hydrogen-bond acceptors (Lipinski definition) is 8. The predicted molar refractivity (Wildman–Crippen MR) is 163 cm³/mol. The number of hydrogen-bond donors (Lipinski definition) is 6. The Bertz CT molecular complexity index is 1310. The maximum absolute atomic E-state index is 12.1. The molecule has 0 fully saturated rings. The molecule has 0 radical (unpaired) electrons. The molecule has 0 saturated carbocycles. The Labute approximate surface area is 247 Å². The van der Waals surface area contributed by atoms with Gasteiger partial charge in [-0.05, 0) is 24.6 Å². The summed E-state index contributed by atoms with van der Waals surface area (Å²) in [5, 5.41) is 56.2. The fourth-order valence-corrected chi connectivity index (χ4v) is 4.78. The van der Waals surface area contributed by atoms with Gasteiger partial charge in [0, 0.05) is 24.1 Å². The van der Waals surface area contributed by atoms with Crippen LogP contribution in [0.1, 0.15) is 110 Å². The van der Waals surface area contributed by atoms with Crippen molar-refractivity contribution in [3.05, 3.63) is 40.6 Å². The number of phenolic OH excluding ortho intramolecular Hbond substituents is 4. The van der Waals surface area contributed by atoms with Crippen molar-refractivity contribution in [1.82, 2.24) is 0 Å². The van der Waals surface area contributed by atoms with Gasteiger partial charge in [-0.25, -0.2) is 0 Å². The highest BCUT2D eigenvalue weighted by molar-refractivity contribution is 5.88. The number of carboxylic acid groups (broad SMARTS) is 1. The van der Waals surface area contributed by atoms with Crippen molar-refractivity contribution in [3.63, 3.8) is 0 Å². The number of unbranched alkanes of at least 4 members (excludes halogenated alkanes) is 14. The molecule has 9 heteroatoms. The molecule has 1 heterocycles. The first-order valence-electron chi connectivity index (χ1n) is 15.1. The fraction of sp³-hybridized carbons (Fsp3) is 0.515. The van der Waals surface area contributed by atoms with E-state index in [-0.39, 0.29) is 33.8 Å². The summed E-state index contributed by atoms with van der Waals surface area (Å²) in [6, 6.07) is 5.64. The molecule has 0 atom stereocenters. The molecular weight excluding hydrogens is 540 g/mol. The van der Waals surface area contributed by atoms with Gasteiger partial charge >= 0.3 is 5.97 Å². The summed E-state index contributed by atoms with van der Waals surface area (Å²) in [5.74, 6) is -3.37. The van der Waals surface area contributed by atoms with Crippen LogP contribution < -0.4 is 5.43 Å². The first kappa shape index (κ1) is 34.3. The van der Waals surface area contributed by atoms with E-state index in [1.54, 1.807) is 0 Å². The molecule has 6 N–H and O–H groups in total. The maximum atomic E-state index is 12.1. The summed E-state index contributed by atoms with van der Waals surface area (Å²) < 4.78 is 5.35. The molecule has 1 aromatic heterocycles. The van der Waals surface area contributed by atoms with Crippen LogP contribution in [0, 0.1) is 0 Å². The summed E-state index contributed by atoms with van der Waals surface area (Å²) in [6.07, 6.45) is 20.2. The van der Waals surface area contributed by atoms with E-state index in [9.17, 15) is 35.1 Å². The van der Waals surface area contributed by atoms with Crippen molar-refractivity contribution >= 4 is 16.9 Å². The third-order valence-electron chi connectivity index (χ3n) is 7.17. The zero-order valence-corrected chi connectivity index (χ0v) is 24.6. The number of aromatic hydroxyl groups is 5. The molecule has 0 aliphatic carbocycles. The van der Waals surface area contributed by atoms with E-state index >= 15 is 0 Å². The lowest BCUT2D eigenvalue weighted by molar-refractivity contribution is -0.137. The van der Waals surface area contributed by atoms with Crippen LogP contribution in [0.5, 0.6) is 28.7 Å². The quantitative estimate of drug-likeness (QED) is 0.0672. The molecule has 3 aromatic rings. The normalized spacial score (nSPS) is 10.9. The summed E-state index contributed by atoms with van der Waals surface area (Å²) >= 11 is 0. The smallest absolute Gasteiger partial charge is 0.303 e. The van der Waals surface area contributed by atoms with Crippen molar-refractivity contribution < 1.29 is 39.9 Å². The minimum atomic E-state index is -0.888. The third kappa shape index (κ3) is 11.5. The topological polar surface area (TPSA) is 169 Å². The second-order valence-electron chi connectivity index (χ2n) is 10.7. The highest BCUT2D eigenvalue weighted by atomic mass is 16.4. The Kier molecular flexibility index (Phi) is 15.1. The SMILES string of the molecule is CCCCCCCCCCCCCCCCCC(=O)O.O=c1c(O)c(-c2ccc(O)c(O)c2)oc2cc(O)cc(O)c12. The summed E-state index contributed by atoms with van der Waals surface area (Å²) in [4.78, 5) is 22.5. The number of carboxylic acids is 1. The number of phenols is 4. The number of fused-ring (bicyclic) bond motifs is 1. The van der Waals surface area contributed by atoms with Gasteiger partial charge in [-0.1, -0.05) is 96.8 Å². The van der Waals surface area contributed by atoms with Crippen LogP contribution in [-0.2, 0) is 4.79 Å². The molecule has 2 aromatic carbocycles. The molecule has 0 saturated heterocycles. The van der Waals surface area contributed by atoms with Crippen LogP contribution >= 0.6 is 0 Å². The predicted octanol–water partition coefficient (Wildman–Crippen LogP) is 8.32. The van der Waals surface area contributed by atoms with Gasteiger partial charge in [0.15, 0.2) is 17.3 Å². The molecule has 0 spiro atoms. The van der Waals surface area contributed by atoms with Gasteiger partial charge in [-0.15, -0.1) is 0 Å². The molecule has 42 heavy (non-hydrogen) atoms. The highest BCUT2D eigenvalue weighted by Crippen LogP contribution is 2.37. The second kappa shape index (κ2) is 18.5. The third-order valence-corrected chi connectivity index (χ3v) is 7.17. The minimum Gasteiger partial charge on any atom is -0.508 e. The van der Waals surface area contributed by atoms with Gasteiger partial charge in [-0.3, -0.25) is 9.59 Å². The Morgan fingerprint density at radius 2 is 1.19 bits per heavy atom. The molecule has 0 aliphatic heterocycles. The Balaban J connectivity index is 0.000000296. The van der Waals surface area contributed by atoms with E-state index in [1.165, 1.54) is 89.5 Å². The molecule has 0 aliphatic rings.